The molecule has 0 heterocycles. The molecule has 18 heavy (non-hydrogen) atoms. The summed E-state index contributed by atoms with van der Waals surface area (Å²) in [6.07, 6.45) is 0.356. The van der Waals surface area contributed by atoms with Crippen molar-refractivity contribution in [1.82, 2.24) is 10.6 Å². The first-order valence-corrected chi connectivity index (χ1v) is 6.29. The Labute approximate surface area is 116 Å². The zero-order valence-corrected chi connectivity index (χ0v) is 11.7. The van der Waals surface area contributed by atoms with Gasteiger partial charge in [0.1, 0.15) is 5.82 Å². The average molecular weight is 293 g/mol. The number of carbonyl (C=O) groups is 1. The maximum atomic E-state index is 13.3. The predicted octanol–water partition coefficient (Wildman–Crippen LogP) is 2.92. The molecular weight excluding hydrogens is 278 g/mol. The van der Waals surface area contributed by atoms with Crippen molar-refractivity contribution >= 4 is 29.1 Å². The second-order valence-corrected chi connectivity index (χ2v) is 4.70. The summed E-state index contributed by atoms with van der Waals surface area (Å²) in [4.78, 5) is 11.0. The van der Waals surface area contributed by atoms with Crippen molar-refractivity contribution in [3.8, 4) is 0 Å². The van der Waals surface area contributed by atoms with Crippen LogP contribution in [-0.4, -0.2) is 19.5 Å². The third-order valence-corrected chi connectivity index (χ3v) is 3.20. The van der Waals surface area contributed by atoms with Crippen molar-refractivity contribution in [2.75, 3.05) is 13.6 Å². The summed E-state index contributed by atoms with van der Waals surface area (Å²) < 4.78 is 13.3. The van der Waals surface area contributed by atoms with Crippen molar-refractivity contribution in [3.63, 3.8) is 0 Å². The molecular formula is C12H15Cl2FN2O. The molecule has 0 aliphatic heterocycles. The third-order valence-electron chi connectivity index (χ3n) is 2.59. The van der Waals surface area contributed by atoms with Gasteiger partial charge in [-0.05, 0) is 24.6 Å². The monoisotopic (exact) mass is 292 g/mol. The number of hydrogen-bond acceptors (Lipinski definition) is 2. The van der Waals surface area contributed by atoms with Crippen LogP contribution in [0.2, 0.25) is 10.0 Å². The van der Waals surface area contributed by atoms with Gasteiger partial charge in [0.15, 0.2) is 0 Å². The summed E-state index contributed by atoms with van der Waals surface area (Å²) >= 11 is 11.6. The van der Waals surface area contributed by atoms with Gasteiger partial charge in [-0.15, -0.1) is 0 Å². The molecule has 1 aromatic carbocycles. The molecule has 1 atom stereocenters. The zero-order chi connectivity index (χ0) is 13.7. The van der Waals surface area contributed by atoms with Crippen molar-refractivity contribution < 1.29 is 9.18 Å². The number of rotatable bonds is 5. The van der Waals surface area contributed by atoms with Gasteiger partial charge >= 0.3 is 0 Å². The van der Waals surface area contributed by atoms with Crippen molar-refractivity contribution in [1.29, 1.82) is 0 Å². The molecule has 0 spiro atoms. The number of halogens is 3. The molecule has 3 nitrogen and oxygen atoms in total. The summed E-state index contributed by atoms with van der Waals surface area (Å²) in [6, 6.07) is 2.53. The van der Waals surface area contributed by atoms with E-state index in [-0.39, 0.29) is 17.0 Å². The second kappa shape index (κ2) is 6.92. The summed E-state index contributed by atoms with van der Waals surface area (Å²) in [5.74, 6) is -0.556. The van der Waals surface area contributed by atoms with E-state index in [4.69, 9.17) is 23.2 Å². The maximum absolute atomic E-state index is 13.3. The minimum atomic E-state index is -0.504. The molecule has 0 radical (unpaired) electrons. The first-order chi connectivity index (χ1) is 8.45. The van der Waals surface area contributed by atoms with Gasteiger partial charge in [0.05, 0.1) is 5.02 Å². The first-order valence-electron chi connectivity index (χ1n) is 5.54. The lowest BCUT2D eigenvalue weighted by molar-refractivity contribution is -0.120. The molecule has 1 aromatic rings. The van der Waals surface area contributed by atoms with Gasteiger partial charge in [0.2, 0.25) is 5.91 Å². The molecule has 0 bridgehead atoms. The van der Waals surface area contributed by atoms with Crippen LogP contribution in [0.1, 0.15) is 24.9 Å². The molecule has 1 unspecified atom stereocenters. The maximum Gasteiger partial charge on any atom is 0.221 e. The molecule has 0 aromatic heterocycles. The largest absolute Gasteiger partial charge is 0.359 e. The summed E-state index contributed by atoms with van der Waals surface area (Å²) in [7, 11) is 1.58. The molecule has 0 saturated carbocycles. The van der Waals surface area contributed by atoms with Gasteiger partial charge in [-0.25, -0.2) is 4.39 Å². The van der Waals surface area contributed by atoms with Gasteiger partial charge in [0, 0.05) is 31.1 Å². The summed E-state index contributed by atoms with van der Waals surface area (Å²) in [5, 5.41) is 6.03. The Morgan fingerprint density at radius 3 is 2.67 bits per heavy atom. The highest BCUT2D eigenvalue weighted by Gasteiger charge is 2.13. The number of hydrogen-bond donors (Lipinski definition) is 2. The molecule has 0 aliphatic carbocycles. The van der Waals surface area contributed by atoms with Crippen LogP contribution in [0.15, 0.2) is 12.1 Å². The van der Waals surface area contributed by atoms with Gasteiger partial charge in [-0.1, -0.05) is 23.2 Å². The third kappa shape index (κ3) is 4.12. The van der Waals surface area contributed by atoms with Crippen LogP contribution in [-0.2, 0) is 4.79 Å². The highest BCUT2D eigenvalue weighted by atomic mass is 35.5. The minimum absolute atomic E-state index is 0.00121. The second-order valence-electron chi connectivity index (χ2n) is 3.89. The average Bonchev–Trinajstić information content (AvgIpc) is 2.33. The van der Waals surface area contributed by atoms with E-state index in [0.29, 0.717) is 23.6 Å². The number of nitrogens with one attached hydrogen (secondary N) is 2. The van der Waals surface area contributed by atoms with Crippen LogP contribution in [0.25, 0.3) is 0 Å². The zero-order valence-electron chi connectivity index (χ0n) is 10.2. The number of carbonyl (C=O) groups excluding carboxylic acids is 1. The van der Waals surface area contributed by atoms with Crippen LogP contribution < -0.4 is 10.6 Å². The molecule has 100 valence electrons. The lowest BCUT2D eigenvalue weighted by Gasteiger charge is -2.16. The molecule has 0 fully saturated rings. The fraction of sp³-hybridized carbons (Fsp3) is 0.417. The Morgan fingerprint density at radius 1 is 1.39 bits per heavy atom. The Kier molecular flexibility index (Phi) is 5.85. The van der Waals surface area contributed by atoms with Gasteiger partial charge in [0.25, 0.3) is 0 Å². The van der Waals surface area contributed by atoms with E-state index in [1.54, 1.807) is 7.05 Å². The van der Waals surface area contributed by atoms with Gasteiger partial charge in [-0.3, -0.25) is 4.79 Å². The van der Waals surface area contributed by atoms with E-state index in [1.807, 2.05) is 6.92 Å². The van der Waals surface area contributed by atoms with Crippen molar-refractivity contribution in [2.24, 2.45) is 0 Å². The lowest BCUT2D eigenvalue weighted by atomic mass is 10.1. The molecule has 1 rings (SSSR count). The Hall–Kier alpha value is -0.840. The van der Waals surface area contributed by atoms with Gasteiger partial charge in [-0.2, -0.15) is 0 Å². The fourth-order valence-corrected chi connectivity index (χ4v) is 2.05. The van der Waals surface area contributed by atoms with E-state index in [0.717, 1.165) is 0 Å². The standard InChI is InChI=1S/C12H15Cl2FN2O/c1-7(17-4-3-12(18)16-2)8-5-11(15)10(14)6-9(8)13/h5-7,17H,3-4H2,1-2H3,(H,16,18). The fourth-order valence-electron chi connectivity index (χ4n) is 1.51. The normalized spacial score (nSPS) is 12.3. The highest BCUT2D eigenvalue weighted by molar-refractivity contribution is 6.35. The molecule has 6 heteroatoms. The Morgan fingerprint density at radius 2 is 2.06 bits per heavy atom. The lowest BCUT2D eigenvalue weighted by Crippen LogP contribution is -2.26. The van der Waals surface area contributed by atoms with E-state index in [9.17, 15) is 9.18 Å². The van der Waals surface area contributed by atoms with Crippen LogP contribution in [0, 0.1) is 5.82 Å². The van der Waals surface area contributed by atoms with E-state index in [2.05, 4.69) is 10.6 Å². The van der Waals surface area contributed by atoms with Crippen LogP contribution >= 0.6 is 23.2 Å². The van der Waals surface area contributed by atoms with E-state index in [1.165, 1.54) is 12.1 Å². The minimum Gasteiger partial charge on any atom is -0.359 e. The van der Waals surface area contributed by atoms with Crippen LogP contribution in [0.5, 0.6) is 0 Å². The summed E-state index contributed by atoms with van der Waals surface area (Å²) in [5.41, 5.74) is 0.621. The quantitative estimate of drug-likeness (QED) is 0.820. The Balaban J connectivity index is 2.64. The summed E-state index contributed by atoms with van der Waals surface area (Å²) in [6.45, 7) is 2.33. The molecule has 0 saturated heterocycles. The van der Waals surface area contributed by atoms with Crippen molar-refractivity contribution in [3.05, 3.63) is 33.6 Å². The predicted molar refractivity (Wildman–Crippen MR) is 71.5 cm³/mol. The smallest absolute Gasteiger partial charge is 0.221 e. The topological polar surface area (TPSA) is 41.1 Å². The molecule has 2 N–H and O–H groups in total. The van der Waals surface area contributed by atoms with Crippen molar-refractivity contribution in [2.45, 2.75) is 19.4 Å². The number of benzene rings is 1. The molecule has 1 amide bonds. The Bertz CT molecular complexity index is 440. The van der Waals surface area contributed by atoms with E-state index >= 15 is 0 Å². The van der Waals surface area contributed by atoms with Crippen LogP contribution in [0.3, 0.4) is 0 Å². The SMILES string of the molecule is CNC(=O)CCNC(C)c1cc(F)c(Cl)cc1Cl. The highest BCUT2D eigenvalue weighted by Crippen LogP contribution is 2.28. The van der Waals surface area contributed by atoms with E-state index < -0.39 is 5.82 Å². The number of amides is 1. The molecule has 0 aliphatic rings. The first kappa shape index (κ1) is 15.2. The van der Waals surface area contributed by atoms with Crippen LogP contribution in [0.4, 0.5) is 4.39 Å². The van der Waals surface area contributed by atoms with Gasteiger partial charge < -0.3 is 10.6 Å².